The predicted octanol–water partition coefficient (Wildman–Crippen LogP) is 4.76. The zero-order valence-corrected chi connectivity index (χ0v) is 17.1. The molecule has 2 saturated heterocycles. The summed E-state index contributed by atoms with van der Waals surface area (Å²) in [5.74, 6) is -1.21. The van der Waals surface area contributed by atoms with E-state index in [0.29, 0.717) is 10.7 Å². The second-order valence-electron chi connectivity index (χ2n) is 7.11. The summed E-state index contributed by atoms with van der Waals surface area (Å²) in [5.41, 5.74) is 2.39. The van der Waals surface area contributed by atoms with E-state index in [0.717, 1.165) is 16.1 Å². The maximum Gasteiger partial charge on any atom is 0.266 e. The van der Waals surface area contributed by atoms with Gasteiger partial charge in [-0.05, 0) is 54.3 Å². The Kier molecular flexibility index (Phi) is 4.42. The number of carbonyl (C=O) groups is 2. The molecule has 1 aromatic heterocycles. The molecule has 3 atom stereocenters. The van der Waals surface area contributed by atoms with Gasteiger partial charge in [0.15, 0.2) is 6.10 Å². The third kappa shape index (κ3) is 2.87. The highest BCUT2D eigenvalue weighted by Crippen LogP contribution is 2.49. The van der Waals surface area contributed by atoms with Crippen LogP contribution in [0, 0.1) is 12.8 Å². The monoisotopic (exact) mass is 424 g/mol. The molecule has 2 fully saturated rings. The van der Waals surface area contributed by atoms with Crippen molar-refractivity contribution in [1.82, 2.24) is 0 Å². The minimum atomic E-state index is -0.857. The van der Waals surface area contributed by atoms with Crippen molar-refractivity contribution >= 4 is 46.1 Å². The van der Waals surface area contributed by atoms with Crippen LogP contribution in [0.3, 0.4) is 0 Å². The van der Waals surface area contributed by atoms with Crippen molar-refractivity contribution in [3.8, 4) is 0 Å². The summed E-state index contributed by atoms with van der Waals surface area (Å²) in [6.45, 7) is 1.99. The van der Waals surface area contributed by atoms with E-state index >= 15 is 0 Å². The van der Waals surface area contributed by atoms with Gasteiger partial charge in [0.1, 0.15) is 12.0 Å². The third-order valence-corrected chi connectivity index (χ3v) is 6.58. The predicted molar refractivity (Wildman–Crippen MR) is 113 cm³/mol. The van der Waals surface area contributed by atoms with Gasteiger partial charge in [-0.25, -0.2) is 9.96 Å². The first kappa shape index (κ1) is 18.4. The van der Waals surface area contributed by atoms with Crippen molar-refractivity contribution < 1.29 is 14.4 Å². The standard InChI is InChI=1S/C22H17ClN2O3S/c1-13-5-2-3-6-16(13)25-19(17-7-4-12-29-17)18-20(28-25)22(27)24(21(18)26)15-10-8-14(23)9-11-15/h2-12,18-20H,1H3/t18-,19+,20-/m0/s1. The number of carbonyl (C=O) groups excluding carboxylic acids is 2. The van der Waals surface area contributed by atoms with Crippen LogP contribution in [-0.2, 0) is 14.4 Å². The quantitative estimate of drug-likeness (QED) is 0.569. The second kappa shape index (κ2) is 6.99. The first-order valence-electron chi connectivity index (χ1n) is 9.24. The molecule has 2 amide bonds. The Bertz CT molecular complexity index is 1080. The molecule has 2 aliphatic heterocycles. The summed E-state index contributed by atoms with van der Waals surface area (Å²) < 4.78 is 0. The smallest absolute Gasteiger partial charge is 0.266 e. The van der Waals surface area contributed by atoms with E-state index in [-0.39, 0.29) is 17.9 Å². The van der Waals surface area contributed by atoms with Gasteiger partial charge in [0, 0.05) is 9.90 Å². The van der Waals surface area contributed by atoms with Crippen LogP contribution in [0.1, 0.15) is 16.5 Å². The molecule has 29 heavy (non-hydrogen) atoms. The lowest BCUT2D eigenvalue weighted by molar-refractivity contribution is -0.126. The van der Waals surface area contributed by atoms with E-state index in [2.05, 4.69) is 0 Å². The number of aryl methyl sites for hydroxylation is 1. The molecule has 3 aromatic rings. The number of amides is 2. The van der Waals surface area contributed by atoms with Crippen LogP contribution < -0.4 is 9.96 Å². The second-order valence-corrected chi connectivity index (χ2v) is 8.53. The fourth-order valence-corrected chi connectivity index (χ4v) is 5.01. The lowest BCUT2D eigenvalue weighted by atomic mass is 9.95. The highest BCUT2D eigenvalue weighted by atomic mass is 35.5. The average molecular weight is 425 g/mol. The molecule has 146 valence electrons. The van der Waals surface area contributed by atoms with Gasteiger partial charge in [-0.3, -0.25) is 14.4 Å². The summed E-state index contributed by atoms with van der Waals surface area (Å²) in [6, 6.07) is 18.1. The number of thiophene rings is 1. The topological polar surface area (TPSA) is 49.9 Å². The van der Waals surface area contributed by atoms with E-state index < -0.39 is 12.0 Å². The van der Waals surface area contributed by atoms with E-state index in [4.69, 9.17) is 16.4 Å². The number of hydrogen-bond acceptors (Lipinski definition) is 5. The number of anilines is 2. The fourth-order valence-electron chi connectivity index (χ4n) is 4.03. The SMILES string of the molecule is Cc1ccccc1N1O[C@@H]2C(=O)N(c3ccc(Cl)cc3)C(=O)[C@H]2[C@H]1c1cccs1. The van der Waals surface area contributed by atoms with Gasteiger partial charge in [-0.15, -0.1) is 11.3 Å². The minimum Gasteiger partial charge on any atom is -0.273 e. The first-order valence-corrected chi connectivity index (χ1v) is 10.5. The molecule has 0 aliphatic carbocycles. The Morgan fingerprint density at radius 1 is 0.966 bits per heavy atom. The summed E-state index contributed by atoms with van der Waals surface area (Å²) >= 11 is 7.52. The van der Waals surface area contributed by atoms with Gasteiger partial charge in [0.25, 0.3) is 5.91 Å². The molecule has 0 unspecified atom stereocenters. The third-order valence-electron chi connectivity index (χ3n) is 5.39. The van der Waals surface area contributed by atoms with Crippen LogP contribution in [0.2, 0.25) is 5.02 Å². The van der Waals surface area contributed by atoms with Crippen molar-refractivity contribution in [1.29, 1.82) is 0 Å². The number of para-hydroxylation sites is 1. The maximum absolute atomic E-state index is 13.4. The largest absolute Gasteiger partial charge is 0.273 e. The molecule has 0 spiro atoms. The zero-order valence-electron chi connectivity index (χ0n) is 15.5. The van der Waals surface area contributed by atoms with Crippen molar-refractivity contribution in [2.45, 2.75) is 19.1 Å². The van der Waals surface area contributed by atoms with Gasteiger partial charge in [-0.1, -0.05) is 35.9 Å². The normalized spacial score (nSPS) is 23.7. The number of hydrogen-bond donors (Lipinski definition) is 0. The number of benzene rings is 2. The van der Waals surface area contributed by atoms with E-state index in [1.807, 2.05) is 48.7 Å². The number of imide groups is 1. The molecule has 2 aromatic carbocycles. The molecule has 2 aliphatic rings. The molecular weight excluding hydrogens is 408 g/mol. The maximum atomic E-state index is 13.4. The van der Waals surface area contributed by atoms with Crippen molar-refractivity contribution in [3.63, 3.8) is 0 Å². The molecule has 5 rings (SSSR count). The van der Waals surface area contributed by atoms with E-state index in [9.17, 15) is 9.59 Å². The molecule has 5 nitrogen and oxygen atoms in total. The van der Waals surface area contributed by atoms with Gasteiger partial charge in [0.2, 0.25) is 5.91 Å². The Balaban J connectivity index is 1.58. The molecule has 0 N–H and O–H groups in total. The van der Waals surface area contributed by atoms with Crippen LogP contribution in [0.15, 0.2) is 66.0 Å². The zero-order chi connectivity index (χ0) is 20.1. The van der Waals surface area contributed by atoms with Gasteiger partial charge < -0.3 is 0 Å². The molecule has 7 heteroatoms. The van der Waals surface area contributed by atoms with Crippen LogP contribution in [0.4, 0.5) is 11.4 Å². The van der Waals surface area contributed by atoms with Crippen LogP contribution in [0.5, 0.6) is 0 Å². The number of rotatable bonds is 3. The molecular formula is C22H17ClN2O3S. The molecule has 0 radical (unpaired) electrons. The Hall–Kier alpha value is -2.67. The molecule has 0 bridgehead atoms. The van der Waals surface area contributed by atoms with Gasteiger partial charge in [-0.2, -0.15) is 0 Å². The molecule has 3 heterocycles. The summed E-state index contributed by atoms with van der Waals surface area (Å²) in [6.07, 6.45) is -0.857. The van der Waals surface area contributed by atoms with Crippen molar-refractivity contribution in [3.05, 3.63) is 81.5 Å². The van der Waals surface area contributed by atoms with Crippen molar-refractivity contribution in [2.75, 3.05) is 9.96 Å². The number of fused-ring (bicyclic) bond motifs is 1. The summed E-state index contributed by atoms with van der Waals surface area (Å²) in [5, 5.41) is 4.26. The molecule has 0 saturated carbocycles. The van der Waals surface area contributed by atoms with Crippen LogP contribution in [0.25, 0.3) is 0 Å². The summed E-state index contributed by atoms with van der Waals surface area (Å²) in [7, 11) is 0. The highest BCUT2D eigenvalue weighted by molar-refractivity contribution is 7.10. The summed E-state index contributed by atoms with van der Waals surface area (Å²) in [4.78, 5) is 35.0. The number of halogens is 1. The lowest BCUT2D eigenvalue weighted by Crippen LogP contribution is -2.37. The van der Waals surface area contributed by atoms with Crippen LogP contribution in [-0.4, -0.2) is 17.9 Å². The Labute approximate surface area is 177 Å². The van der Waals surface area contributed by atoms with E-state index in [1.54, 1.807) is 40.7 Å². The Morgan fingerprint density at radius 3 is 2.41 bits per heavy atom. The fraction of sp³-hybridized carbons (Fsp3) is 0.182. The van der Waals surface area contributed by atoms with Gasteiger partial charge >= 0.3 is 0 Å². The van der Waals surface area contributed by atoms with Gasteiger partial charge in [0.05, 0.1) is 11.4 Å². The number of hydroxylamine groups is 1. The van der Waals surface area contributed by atoms with Crippen LogP contribution >= 0.6 is 22.9 Å². The number of nitrogens with zero attached hydrogens (tertiary/aromatic N) is 2. The Morgan fingerprint density at radius 2 is 1.72 bits per heavy atom. The lowest BCUT2D eigenvalue weighted by Gasteiger charge is -2.28. The highest BCUT2D eigenvalue weighted by Gasteiger charge is 2.60. The first-order chi connectivity index (χ1) is 14.1. The minimum absolute atomic E-state index is 0.253. The van der Waals surface area contributed by atoms with E-state index in [1.165, 1.54) is 4.90 Å². The average Bonchev–Trinajstić information content (AvgIpc) is 3.41. The van der Waals surface area contributed by atoms with Crippen molar-refractivity contribution in [2.24, 2.45) is 5.92 Å².